The molecule has 8 heteroatoms. The Hall–Kier alpha value is -3.94. The number of benzene rings is 4. The van der Waals surface area contributed by atoms with E-state index < -0.39 is 5.91 Å². The minimum absolute atomic E-state index is 0.326. The van der Waals surface area contributed by atoms with Crippen molar-refractivity contribution < 1.29 is 14.3 Å². The second-order valence-corrected chi connectivity index (χ2v) is 9.05. The fourth-order valence-corrected chi connectivity index (χ4v) is 3.71. The van der Waals surface area contributed by atoms with Crippen molar-refractivity contribution in [2.75, 3.05) is 5.32 Å². The Morgan fingerprint density at radius 3 is 2.36 bits per heavy atom. The maximum absolute atomic E-state index is 12.6. The second kappa shape index (κ2) is 12.2. The third-order valence-corrected chi connectivity index (χ3v) is 5.83. The molecule has 0 aliphatic heterocycles. The Morgan fingerprint density at radius 2 is 1.58 bits per heavy atom. The third-order valence-electron chi connectivity index (χ3n) is 5.07. The lowest BCUT2D eigenvalue weighted by molar-refractivity contribution is 0.0953. The minimum atomic E-state index is -0.418. The first kappa shape index (κ1) is 25.2. The smallest absolute Gasteiger partial charge is 0.271 e. The number of hydrogen-bond acceptors (Lipinski definition) is 4. The number of rotatable bonds is 8. The lowest BCUT2D eigenvalue weighted by Gasteiger charge is -2.09. The van der Waals surface area contributed by atoms with Crippen LogP contribution in [0.2, 0.25) is 5.02 Å². The molecule has 6 nitrogen and oxygen atoms in total. The summed E-state index contributed by atoms with van der Waals surface area (Å²) in [5, 5.41) is 7.31. The molecule has 4 aromatic rings. The van der Waals surface area contributed by atoms with Gasteiger partial charge >= 0.3 is 0 Å². The standard InChI is InChI=1S/C28H21BrClN3O3/c29-23-13-11-19(12-14-23)18-36-26-10-2-1-5-22(26)17-31-33-28(35)21-7-4-9-25(16-21)32-27(34)20-6-3-8-24(30)15-20/h1-17H,18H2,(H,32,34)(H,33,35). The van der Waals surface area contributed by atoms with Gasteiger partial charge in [-0.3, -0.25) is 9.59 Å². The fraction of sp³-hybridized carbons (Fsp3) is 0.0357. The SMILES string of the molecule is O=C(NN=Cc1ccccc1OCc1ccc(Br)cc1)c1cccc(NC(=O)c2cccc(Cl)c2)c1. The van der Waals surface area contributed by atoms with Crippen LogP contribution in [0.25, 0.3) is 0 Å². The first-order chi connectivity index (χ1) is 17.5. The molecule has 0 radical (unpaired) electrons. The Labute approximate surface area is 222 Å². The average molecular weight is 563 g/mol. The maximum Gasteiger partial charge on any atom is 0.271 e. The lowest BCUT2D eigenvalue weighted by Crippen LogP contribution is -2.18. The highest BCUT2D eigenvalue weighted by Gasteiger charge is 2.10. The summed E-state index contributed by atoms with van der Waals surface area (Å²) < 4.78 is 6.94. The summed E-state index contributed by atoms with van der Waals surface area (Å²) in [5.41, 5.74) is 5.50. The van der Waals surface area contributed by atoms with Gasteiger partial charge in [0.2, 0.25) is 0 Å². The van der Waals surface area contributed by atoms with Crippen LogP contribution < -0.4 is 15.5 Å². The molecular weight excluding hydrogens is 542 g/mol. The molecule has 0 fully saturated rings. The molecule has 180 valence electrons. The number of nitrogens with zero attached hydrogens (tertiary/aromatic N) is 1. The highest BCUT2D eigenvalue weighted by molar-refractivity contribution is 9.10. The van der Waals surface area contributed by atoms with E-state index in [0.717, 1.165) is 15.6 Å². The molecule has 0 atom stereocenters. The second-order valence-electron chi connectivity index (χ2n) is 7.70. The van der Waals surface area contributed by atoms with Crippen LogP contribution in [0.1, 0.15) is 31.8 Å². The van der Waals surface area contributed by atoms with Crippen molar-refractivity contribution in [2.24, 2.45) is 5.10 Å². The predicted octanol–water partition coefficient (Wildman–Crippen LogP) is 6.70. The van der Waals surface area contributed by atoms with E-state index in [1.54, 1.807) is 48.5 Å². The van der Waals surface area contributed by atoms with Crippen molar-refractivity contribution in [1.82, 2.24) is 5.43 Å². The minimum Gasteiger partial charge on any atom is -0.488 e. The van der Waals surface area contributed by atoms with Crippen LogP contribution in [-0.2, 0) is 6.61 Å². The van der Waals surface area contributed by atoms with Crippen molar-refractivity contribution in [3.63, 3.8) is 0 Å². The number of hydrogen-bond donors (Lipinski definition) is 2. The summed E-state index contributed by atoms with van der Waals surface area (Å²) in [6.07, 6.45) is 1.53. The largest absolute Gasteiger partial charge is 0.488 e. The van der Waals surface area contributed by atoms with E-state index in [-0.39, 0.29) is 5.91 Å². The van der Waals surface area contributed by atoms with Crippen LogP contribution in [0.3, 0.4) is 0 Å². The van der Waals surface area contributed by atoms with E-state index in [2.05, 4.69) is 31.8 Å². The highest BCUT2D eigenvalue weighted by Crippen LogP contribution is 2.19. The average Bonchev–Trinajstić information content (AvgIpc) is 2.89. The normalized spacial score (nSPS) is 10.7. The molecular formula is C28H21BrClN3O3. The van der Waals surface area contributed by atoms with Gasteiger partial charge in [-0.2, -0.15) is 5.10 Å². The molecule has 0 spiro atoms. The number of carbonyl (C=O) groups excluding carboxylic acids is 2. The molecule has 0 saturated heterocycles. The van der Waals surface area contributed by atoms with E-state index in [0.29, 0.717) is 34.2 Å². The van der Waals surface area contributed by atoms with Crippen molar-refractivity contribution in [3.05, 3.63) is 129 Å². The number of nitrogens with one attached hydrogen (secondary N) is 2. The molecule has 0 heterocycles. The van der Waals surface area contributed by atoms with Gasteiger partial charge in [-0.05, 0) is 66.2 Å². The first-order valence-corrected chi connectivity index (χ1v) is 12.1. The Morgan fingerprint density at radius 1 is 0.861 bits per heavy atom. The Bertz CT molecular complexity index is 1410. The molecule has 0 aromatic heterocycles. The zero-order chi connectivity index (χ0) is 25.3. The maximum atomic E-state index is 12.6. The summed E-state index contributed by atoms with van der Waals surface area (Å²) in [6, 6.07) is 28.5. The first-order valence-electron chi connectivity index (χ1n) is 10.9. The van der Waals surface area contributed by atoms with E-state index in [4.69, 9.17) is 16.3 Å². The predicted molar refractivity (Wildman–Crippen MR) is 146 cm³/mol. The Balaban J connectivity index is 1.37. The summed E-state index contributed by atoms with van der Waals surface area (Å²) >= 11 is 9.38. The van der Waals surface area contributed by atoms with Crippen molar-refractivity contribution in [3.8, 4) is 5.75 Å². The molecule has 0 bridgehead atoms. The molecule has 0 saturated carbocycles. The molecule has 4 aromatic carbocycles. The van der Waals surface area contributed by atoms with Gasteiger partial charge in [-0.1, -0.05) is 63.9 Å². The van der Waals surface area contributed by atoms with Crippen LogP contribution >= 0.6 is 27.5 Å². The summed E-state index contributed by atoms with van der Waals surface area (Å²) in [4.78, 5) is 25.1. The number of halogens is 2. The van der Waals surface area contributed by atoms with Gasteiger partial charge in [-0.25, -0.2) is 5.43 Å². The number of ether oxygens (including phenoxy) is 1. The molecule has 0 aliphatic carbocycles. The number of amides is 2. The molecule has 0 aliphatic rings. The van der Waals surface area contributed by atoms with E-state index >= 15 is 0 Å². The van der Waals surface area contributed by atoms with Gasteiger partial charge in [0.05, 0.1) is 6.21 Å². The molecule has 0 unspecified atom stereocenters. The fourth-order valence-electron chi connectivity index (χ4n) is 3.26. The quantitative estimate of drug-likeness (QED) is 0.185. The zero-order valence-electron chi connectivity index (χ0n) is 18.9. The summed E-state index contributed by atoms with van der Waals surface area (Å²) in [7, 11) is 0. The number of anilines is 1. The number of carbonyl (C=O) groups is 2. The topological polar surface area (TPSA) is 79.8 Å². The highest BCUT2D eigenvalue weighted by atomic mass is 79.9. The third kappa shape index (κ3) is 7.04. The van der Waals surface area contributed by atoms with Crippen LogP contribution in [0.4, 0.5) is 5.69 Å². The van der Waals surface area contributed by atoms with Gasteiger partial charge in [0, 0.05) is 31.9 Å². The van der Waals surface area contributed by atoms with Gasteiger partial charge in [0.15, 0.2) is 0 Å². The van der Waals surface area contributed by atoms with E-state index in [9.17, 15) is 9.59 Å². The van der Waals surface area contributed by atoms with Crippen LogP contribution in [0, 0.1) is 0 Å². The molecule has 4 rings (SSSR count). The number of para-hydroxylation sites is 1. The van der Waals surface area contributed by atoms with Crippen molar-refractivity contribution in [2.45, 2.75) is 6.61 Å². The monoisotopic (exact) mass is 561 g/mol. The lowest BCUT2D eigenvalue weighted by atomic mass is 10.1. The molecule has 2 amide bonds. The van der Waals surface area contributed by atoms with Crippen molar-refractivity contribution >= 4 is 51.2 Å². The molecule has 2 N–H and O–H groups in total. The van der Waals surface area contributed by atoms with Gasteiger partial charge in [0.1, 0.15) is 12.4 Å². The Kier molecular flexibility index (Phi) is 8.49. The number of hydrazone groups is 1. The van der Waals surface area contributed by atoms with Crippen molar-refractivity contribution in [1.29, 1.82) is 0 Å². The van der Waals surface area contributed by atoms with E-state index in [1.807, 2.05) is 48.5 Å². The van der Waals surface area contributed by atoms with Crippen LogP contribution in [-0.4, -0.2) is 18.0 Å². The summed E-state index contributed by atoms with van der Waals surface area (Å²) in [5.74, 6) is -0.102. The zero-order valence-corrected chi connectivity index (χ0v) is 21.3. The van der Waals surface area contributed by atoms with Gasteiger partial charge < -0.3 is 10.1 Å². The summed E-state index contributed by atoms with van der Waals surface area (Å²) in [6.45, 7) is 0.401. The van der Waals surface area contributed by atoms with Crippen LogP contribution in [0.15, 0.2) is 107 Å². The van der Waals surface area contributed by atoms with Gasteiger partial charge in [0.25, 0.3) is 11.8 Å². The van der Waals surface area contributed by atoms with Crippen LogP contribution in [0.5, 0.6) is 5.75 Å². The van der Waals surface area contributed by atoms with E-state index in [1.165, 1.54) is 6.21 Å². The molecule has 36 heavy (non-hydrogen) atoms. The van der Waals surface area contributed by atoms with Gasteiger partial charge in [-0.15, -0.1) is 0 Å².